The highest BCUT2D eigenvalue weighted by molar-refractivity contribution is 6.83. The van der Waals surface area contributed by atoms with Gasteiger partial charge in [-0.1, -0.05) is 39.9 Å². The molecular weight excluding hydrogens is 172 g/mol. The van der Waals surface area contributed by atoms with E-state index in [1.54, 1.807) is 0 Å². The maximum absolute atomic E-state index is 3.52. The second-order valence-electron chi connectivity index (χ2n) is 5.95. The third-order valence-corrected chi connectivity index (χ3v) is 3.77. The van der Waals surface area contributed by atoms with Crippen LogP contribution in [0, 0.1) is 22.8 Å². The van der Waals surface area contributed by atoms with E-state index >= 15 is 0 Å². The van der Waals surface area contributed by atoms with E-state index in [2.05, 4.69) is 45.0 Å². The van der Waals surface area contributed by atoms with Crippen LogP contribution in [0.3, 0.4) is 0 Å². The van der Waals surface area contributed by atoms with Gasteiger partial charge in [0.25, 0.3) is 0 Å². The van der Waals surface area contributed by atoms with Crippen LogP contribution in [-0.4, -0.2) is 8.07 Å². The minimum atomic E-state index is -1.15. The van der Waals surface area contributed by atoms with Gasteiger partial charge in [-0.3, -0.25) is 0 Å². The highest BCUT2D eigenvalue weighted by Crippen LogP contribution is 2.42. The quantitative estimate of drug-likeness (QED) is 0.407. The summed E-state index contributed by atoms with van der Waals surface area (Å²) in [4.78, 5) is 0. The van der Waals surface area contributed by atoms with Crippen molar-refractivity contribution in [2.45, 2.75) is 52.8 Å². The van der Waals surface area contributed by atoms with Gasteiger partial charge in [-0.2, -0.15) is 0 Å². The summed E-state index contributed by atoms with van der Waals surface area (Å²) in [5.41, 5.74) is 3.99. The first kappa shape index (κ1) is 10.9. The van der Waals surface area contributed by atoms with Crippen molar-refractivity contribution in [1.29, 1.82) is 0 Å². The lowest BCUT2D eigenvalue weighted by atomic mass is 9.83. The third kappa shape index (κ3) is 3.19. The molecule has 0 aromatic carbocycles. The Balaban J connectivity index is 2.68. The Morgan fingerprint density at radius 2 is 1.85 bits per heavy atom. The Bertz CT molecular complexity index is 234. The Hall–Kier alpha value is -0.223. The van der Waals surface area contributed by atoms with Crippen LogP contribution in [0.25, 0.3) is 0 Å². The predicted octanol–water partition coefficient (Wildman–Crippen LogP) is 3.69. The van der Waals surface area contributed by atoms with E-state index < -0.39 is 8.07 Å². The van der Waals surface area contributed by atoms with E-state index in [0.29, 0.717) is 11.3 Å². The average Bonchev–Trinajstić information content (AvgIpc) is 2.23. The molecule has 0 aromatic rings. The van der Waals surface area contributed by atoms with Crippen molar-refractivity contribution in [2.75, 3.05) is 0 Å². The topological polar surface area (TPSA) is 0 Å². The number of rotatable bonds is 0. The largest absolute Gasteiger partial charge is 0.132 e. The van der Waals surface area contributed by atoms with Crippen LogP contribution in [0.5, 0.6) is 0 Å². The van der Waals surface area contributed by atoms with Crippen molar-refractivity contribution >= 4 is 8.07 Å². The minimum Gasteiger partial charge on any atom is -0.132 e. The molecule has 1 rings (SSSR count). The molecule has 13 heavy (non-hydrogen) atoms. The fourth-order valence-electron chi connectivity index (χ4n) is 1.90. The van der Waals surface area contributed by atoms with Crippen molar-refractivity contribution in [3.05, 3.63) is 0 Å². The zero-order valence-electron chi connectivity index (χ0n) is 9.70. The molecule has 0 N–H and O–H groups in total. The van der Waals surface area contributed by atoms with E-state index in [9.17, 15) is 0 Å². The normalized spacial score (nSPS) is 26.7. The molecule has 0 unspecified atom stereocenters. The molecule has 0 nitrogen and oxygen atoms in total. The second kappa shape index (κ2) is 3.50. The van der Waals surface area contributed by atoms with Crippen LogP contribution < -0.4 is 0 Å². The van der Waals surface area contributed by atoms with E-state index in [4.69, 9.17) is 0 Å². The fraction of sp³-hybridized carbons (Fsp3) is 0.833. The molecule has 1 saturated carbocycles. The summed E-state index contributed by atoms with van der Waals surface area (Å²) < 4.78 is 0. The molecule has 0 spiro atoms. The SMILES string of the molecule is CC1(C)CCC[C@@H]1C#C[Si](C)(C)C. The molecule has 1 aliphatic carbocycles. The van der Waals surface area contributed by atoms with Gasteiger partial charge in [-0.15, -0.1) is 11.5 Å². The number of hydrogen-bond acceptors (Lipinski definition) is 0. The molecule has 0 bridgehead atoms. The third-order valence-electron chi connectivity index (χ3n) is 2.88. The van der Waals surface area contributed by atoms with Crippen LogP contribution in [-0.2, 0) is 0 Å². The van der Waals surface area contributed by atoms with Gasteiger partial charge < -0.3 is 0 Å². The lowest BCUT2D eigenvalue weighted by Gasteiger charge is -2.22. The maximum atomic E-state index is 3.52. The Kier molecular flexibility index (Phi) is 2.92. The molecule has 0 amide bonds. The van der Waals surface area contributed by atoms with Gasteiger partial charge in [0, 0.05) is 5.92 Å². The maximum Gasteiger partial charge on any atom is 0.129 e. The van der Waals surface area contributed by atoms with Gasteiger partial charge in [0.05, 0.1) is 0 Å². The van der Waals surface area contributed by atoms with Gasteiger partial charge in [0.15, 0.2) is 0 Å². The summed E-state index contributed by atoms with van der Waals surface area (Å²) in [6.45, 7) is 11.7. The minimum absolute atomic E-state index is 0.479. The Morgan fingerprint density at radius 1 is 1.23 bits per heavy atom. The van der Waals surface area contributed by atoms with Crippen LogP contribution in [0.2, 0.25) is 19.6 Å². The highest BCUT2D eigenvalue weighted by atomic mass is 28.3. The van der Waals surface area contributed by atoms with Crippen molar-refractivity contribution in [1.82, 2.24) is 0 Å². The average molecular weight is 194 g/mol. The summed E-state index contributed by atoms with van der Waals surface area (Å²) in [5, 5.41) is 0. The van der Waals surface area contributed by atoms with Crippen molar-refractivity contribution in [2.24, 2.45) is 11.3 Å². The van der Waals surface area contributed by atoms with Gasteiger partial charge in [-0.05, 0) is 18.3 Å². The van der Waals surface area contributed by atoms with E-state index in [1.807, 2.05) is 0 Å². The van der Waals surface area contributed by atoms with Gasteiger partial charge >= 0.3 is 0 Å². The summed E-state index contributed by atoms with van der Waals surface area (Å²) in [6.07, 6.45) is 4.06. The lowest BCUT2D eigenvalue weighted by Crippen LogP contribution is -2.20. The molecule has 1 atom stereocenters. The van der Waals surface area contributed by atoms with Crippen LogP contribution >= 0.6 is 0 Å². The Labute approximate surface area is 84.1 Å². The van der Waals surface area contributed by atoms with Gasteiger partial charge in [-0.25, -0.2) is 0 Å². The zero-order valence-corrected chi connectivity index (χ0v) is 10.7. The zero-order chi connectivity index (χ0) is 10.1. The highest BCUT2D eigenvalue weighted by Gasteiger charge is 2.33. The van der Waals surface area contributed by atoms with E-state index in [-0.39, 0.29) is 0 Å². The van der Waals surface area contributed by atoms with E-state index in [1.165, 1.54) is 19.3 Å². The molecule has 1 aliphatic rings. The summed E-state index contributed by atoms with van der Waals surface area (Å²) in [5.74, 6) is 4.19. The molecule has 0 saturated heterocycles. The number of hydrogen-bond donors (Lipinski definition) is 0. The summed E-state index contributed by atoms with van der Waals surface area (Å²) >= 11 is 0. The standard InChI is InChI=1S/C12H22Si/c1-12(2)9-6-7-11(12)8-10-13(3,4)5/h11H,6-7,9H2,1-5H3/t11-/m1/s1. The van der Waals surface area contributed by atoms with E-state index in [0.717, 1.165) is 0 Å². The van der Waals surface area contributed by atoms with Crippen molar-refractivity contribution < 1.29 is 0 Å². The predicted molar refractivity (Wildman–Crippen MR) is 62.2 cm³/mol. The molecule has 0 aliphatic heterocycles. The first-order chi connectivity index (χ1) is 5.81. The van der Waals surface area contributed by atoms with Crippen LogP contribution in [0.15, 0.2) is 0 Å². The summed E-state index contributed by atoms with van der Waals surface area (Å²) in [6, 6.07) is 0. The lowest BCUT2D eigenvalue weighted by molar-refractivity contribution is 0.318. The summed E-state index contributed by atoms with van der Waals surface area (Å²) in [7, 11) is -1.15. The molecule has 1 heteroatoms. The smallest absolute Gasteiger partial charge is 0.129 e. The molecule has 0 aromatic heterocycles. The van der Waals surface area contributed by atoms with Crippen LogP contribution in [0.1, 0.15) is 33.1 Å². The molecular formula is C12H22Si. The monoisotopic (exact) mass is 194 g/mol. The van der Waals surface area contributed by atoms with Crippen molar-refractivity contribution in [3.8, 4) is 11.5 Å². The molecule has 74 valence electrons. The fourth-order valence-corrected chi connectivity index (χ4v) is 2.51. The molecule has 1 fully saturated rings. The van der Waals surface area contributed by atoms with Crippen molar-refractivity contribution in [3.63, 3.8) is 0 Å². The molecule has 0 heterocycles. The second-order valence-corrected chi connectivity index (χ2v) is 10.7. The van der Waals surface area contributed by atoms with Gasteiger partial charge in [0.2, 0.25) is 0 Å². The van der Waals surface area contributed by atoms with Gasteiger partial charge in [0.1, 0.15) is 8.07 Å². The first-order valence-electron chi connectivity index (χ1n) is 5.34. The van der Waals surface area contributed by atoms with Crippen LogP contribution in [0.4, 0.5) is 0 Å². The molecule has 0 radical (unpaired) electrons. The Morgan fingerprint density at radius 3 is 2.23 bits per heavy atom. The first-order valence-corrected chi connectivity index (χ1v) is 8.84.